The molecular formula is C23H42O3Si. The minimum absolute atomic E-state index is 0.109. The summed E-state index contributed by atoms with van der Waals surface area (Å²) >= 11 is 0. The van der Waals surface area contributed by atoms with Gasteiger partial charge in [0.1, 0.15) is 0 Å². The molecule has 0 aromatic rings. The largest absolute Gasteiger partial charge is 0.465 e. The molecule has 2 saturated carbocycles. The highest BCUT2D eigenvalue weighted by Gasteiger charge is 2.58. The van der Waals surface area contributed by atoms with E-state index in [1.165, 1.54) is 12.5 Å². The molecule has 4 atom stereocenters. The van der Waals surface area contributed by atoms with Crippen molar-refractivity contribution in [2.45, 2.75) is 98.4 Å². The van der Waals surface area contributed by atoms with E-state index in [1.807, 2.05) is 0 Å². The average molecular weight is 395 g/mol. The lowest BCUT2D eigenvalue weighted by Crippen LogP contribution is -2.58. The minimum atomic E-state index is -1.81. The molecule has 0 aromatic heterocycles. The fraction of sp³-hybridized carbons (Fsp3) is 0.870. The molecule has 2 aliphatic carbocycles. The van der Waals surface area contributed by atoms with Crippen molar-refractivity contribution in [2.24, 2.45) is 22.7 Å². The number of carbonyl (C=O) groups is 1. The van der Waals surface area contributed by atoms with E-state index >= 15 is 0 Å². The second-order valence-corrected chi connectivity index (χ2v) is 16.1. The van der Waals surface area contributed by atoms with E-state index in [1.54, 1.807) is 0 Å². The van der Waals surface area contributed by atoms with Gasteiger partial charge < -0.3 is 9.16 Å². The van der Waals surface area contributed by atoms with Gasteiger partial charge >= 0.3 is 5.97 Å². The molecule has 156 valence electrons. The van der Waals surface area contributed by atoms with Gasteiger partial charge in [0.25, 0.3) is 0 Å². The van der Waals surface area contributed by atoms with Crippen LogP contribution in [-0.2, 0) is 14.0 Å². The molecular weight excluding hydrogens is 352 g/mol. The summed E-state index contributed by atoms with van der Waals surface area (Å²) in [5.74, 6) is 0.621. The lowest BCUT2D eigenvalue weighted by atomic mass is 9.47. The predicted octanol–water partition coefficient (Wildman–Crippen LogP) is 6.35. The standard InChI is InChI=1S/C23H42O3Si/c1-16-11-12-19-22(6,7)20(26-27(9,10)21(3,4)5)13-14-23(19,8)18(16)15-25-17(2)24/h18-20H,1,11-15H2,2-10H3/t18-,19-,20-,23+/m0/s1. The Morgan fingerprint density at radius 3 is 2.33 bits per heavy atom. The second kappa shape index (κ2) is 7.33. The van der Waals surface area contributed by atoms with Crippen LogP contribution in [0.15, 0.2) is 12.2 Å². The number of hydrogen-bond donors (Lipinski definition) is 0. The first-order chi connectivity index (χ1) is 12.1. The topological polar surface area (TPSA) is 35.5 Å². The first-order valence-corrected chi connectivity index (χ1v) is 13.5. The Bertz CT molecular complexity index is 587. The highest BCUT2D eigenvalue weighted by atomic mass is 28.4. The summed E-state index contributed by atoms with van der Waals surface area (Å²) in [6.45, 7) is 25.2. The third-order valence-electron chi connectivity index (χ3n) is 8.21. The summed E-state index contributed by atoms with van der Waals surface area (Å²) in [4.78, 5) is 11.4. The van der Waals surface area contributed by atoms with E-state index < -0.39 is 8.32 Å². The van der Waals surface area contributed by atoms with Crippen molar-refractivity contribution in [1.82, 2.24) is 0 Å². The highest BCUT2D eigenvalue weighted by molar-refractivity contribution is 6.74. The van der Waals surface area contributed by atoms with Gasteiger partial charge in [-0.2, -0.15) is 0 Å². The van der Waals surface area contributed by atoms with Gasteiger partial charge in [-0.15, -0.1) is 0 Å². The molecule has 0 amide bonds. The maximum absolute atomic E-state index is 11.4. The Hall–Kier alpha value is -0.613. The lowest BCUT2D eigenvalue weighted by Gasteiger charge is -2.61. The molecule has 0 saturated heterocycles. The summed E-state index contributed by atoms with van der Waals surface area (Å²) < 4.78 is 12.4. The van der Waals surface area contributed by atoms with E-state index in [9.17, 15) is 4.79 Å². The van der Waals surface area contributed by atoms with E-state index in [2.05, 4.69) is 61.2 Å². The third-order valence-corrected chi connectivity index (χ3v) is 12.7. The number of esters is 1. The minimum Gasteiger partial charge on any atom is -0.465 e. The maximum atomic E-state index is 11.4. The predicted molar refractivity (Wildman–Crippen MR) is 115 cm³/mol. The number of carbonyl (C=O) groups excluding carboxylic acids is 1. The fourth-order valence-corrected chi connectivity index (χ4v) is 6.89. The van der Waals surface area contributed by atoms with Crippen LogP contribution in [0.3, 0.4) is 0 Å². The lowest BCUT2D eigenvalue weighted by molar-refractivity contribution is -0.151. The molecule has 3 nitrogen and oxygen atoms in total. The maximum Gasteiger partial charge on any atom is 0.302 e. The molecule has 2 fully saturated rings. The monoisotopic (exact) mass is 394 g/mol. The smallest absolute Gasteiger partial charge is 0.302 e. The number of ether oxygens (including phenoxy) is 1. The summed E-state index contributed by atoms with van der Waals surface area (Å²) in [5.41, 5.74) is 1.49. The molecule has 0 N–H and O–H groups in total. The highest BCUT2D eigenvalue weighted by Crippen LogP contribution is 2.62. The molecule has 0 unspecified atom stereocenters. The Kier molecular flexibility index (Phi) is 6.15. The van der Waals surface area contributed by atoms with Crippen LogP contribution < -0.4 is 0 Å². The zero-order valence-electron chi connectivity index (χ0n) is 19.2. The van der Waals surface area contributed by atoms with Crippen molar-refractivity contribution in [3.05, 3.63) is 12.2 Å². The Balaban J connectivity index is 2.28. The van der Waals surface area contributed by atoms with Gasteiger partial charge in [-0.25, -0.2) is 0 Å². The van der Waals surface area contributed by atoms with Gasteiger partial charge in [0.2, 0.25) is 0 Å². The summed E-state index contributed by atoms with van der Waals surface area (Å²) in [6.07, 6.45) is 4.69. The molecule has 2 rings (SSSR count). The van der Waals surface area contributed by atoms with Crippen LogP contribution >= 0.6 is 0 Å². The summed E-state index contributed by atoms with van der Waals surface area (Å²) in [6, 6.07) is 0. The van der Waals surface area contributed by atoms with E-state index in [4.69, 9.17) is 9.16 Å². The molecule has 0 spiro atoms. The molecule has 0 heterocycles. The van der Waals surface area contributed by atoms with Crippen molar-refractivity contribution < 1.29 is 14.0 Å². The molecule has 0 bridgehead atoms. The Morgan fingerprint density at radius 1 is 1.22 bits per heavy atom. The van der Waals surface area contributed by atoms with Crippen molar-refractivity contribution in [3.8, 4) is 0 Å². The van der Waals surface area contributed by atoms with E-state index in [0.29, 0.717) is 18.6 Å². The SMILES string of the molecule is C=C1CC[C@H]2C(C)(C)[C@@H](O[Si](C)(C)C(C)(C)C)CC[C@]2(C)[C@H]1COC(C)=O. The zero-order valence-corrected chi connectivity index (χ0v) is 20.2. The normalized spacial score (nSPS) is 34.1. The van der Waals surface area contributed by atoms with Crippen LogP contribution in [0, 0.1) is 22.7 Å². The molecule has 2 aliphatic rings. The van der Waals surface area contributed by atoms with Crippen LogP contribution in [-0.4, -0.2) is 27.0 Å². The third kappa shape index (κ3) is 4.22. The van der Waals surface area contributed by atoms with Gasteiger partial charge in [0.05, 0.1) is 12.7 Å². The van der Waals surface area contributed by atoms with Crippen LogP contribution in [0.5, 0.6) is 0 Å². The van der Waals surface area contributed by atoms with Crippen LogP contribution in [0.4, 0.5) is 0 Å². The number of hydrogen-bond acceptors (Lipinski definition) is 3. The summed E-state index contributed by atoms with van der Waals surface area (Å²) in [5, 5.41) is 0.225. The average Bonchev–Trinajstić information content (AvgIpc) is 2.48. The molecule has 27 heavy (non-hydrogen) atoms. The molecule has 0 aliphatic heterocycles. The van der Waals surface area contributed by atoms with Crippen molar-refractivity contribution in [2.75, 3.05) is 6.61 Å². The first kappa shape index (κ1) is 22.7. The Labute approximate surface area is 168 Å². The van der Waals surface area contributed by atoms with Crippen molar-refractivity contribution in [3.63, 3.8) is 0 Å². The van der Waals surface area contributed by atoms with Crippen LogP contribution in [0.1, 0.15) is 74.1 Å². The second-order valence-electron chi connectivity index (χ2n) is 11.3. The summed E-state index contributed by atoms with van der Waals surface area (Å²) in [7, 11) is -1.81. The quantitative estimate of drug-likeness (QED) is 0.317. The number of rotatable bonds is 4. The van der Waals surface area contributed by atoms with Gasteiger partial charge in [-0.3, -0.25) is 4.79 Å². The molecule has 0 aromatic carbocycles. The molecule has 0 radical (unpaired) electrons. The van der Waals surface area contributed by atoms with Gasteiger partial charge in [0.15, 0.2) is 8.32 Å². The van der Waals surface area contributed by atoms with Crippen LogP contribution in [0.25, 0.3) is 0 Å². The molecule has 4 heteroatoms. The van der Waals surface area contributed by atoms with Crippen LogP contribution in [0.2, 0.25) is 18.1 Å². The fourth-order valence-electron chi connectivity index (χ4n) is 5.40. The van der Waals surface area contributed by atoms with E-state index in [-0.39, 0.29) is 27.8 Å². The Morgan fingerprint density at radius 2 is 1.81 bits per heavy atom. The van der Waals surface area contributed by atoms with Gasteiger partial charge in [-0.1, -0.05) is 53.7 Å². The number of fused-ring (bicyclic) bond motifs is 1. The first-order valence-electron chi connectivity index (χ1n) is 10.6. The van der Waals surface area contributed by atoms with Gasteiger partial charge in [-0.05, 0) is 60.6 Å². The zero-order chi connectivity index (χ0) is 20.8. The van der Waals surface area contributed by atoms with Gasteiger partial charge in [0, 0.05) is 12.8 Å². The van der Waals surface area contributed by atoms with E-state index in [0.717, 1.165) is 25.7 Å². The van der Waals surface area contributed by atoms with Crippen molar-refractivity contribution in [1.29, 1.82) is 0 Å². The van der Waals surface area contributed by atoms with Crippen molar-refractivity contribution >= 4 is 14.3 Å².